The molecule has 3 heterocycles. The fourth-order valence-electron chi connectivity index (χ4n) is 4.86. The maximum atomic E-state index is 14.4. The monoisotopic (exact) mass is 699 g/mol. The van der Waals surface area contributed by atoms with Crippen molar-refractivity contribution in [2.24, 2.45) is 11.8 Å². The van der Waals surface area contributed by atoms with Crippen LogP contribution in [0.2, 0.25) is 0 Å². The highest BCUT2D eigenvalue weighted by atomic mass is 31.2. The molecular weight excluding hydrogens is 657 g/mol. The van der Waals surface area contributed by atoms with Gasteiger partial charge in [-0.15, -0.1) is 0 Å². The van der Waals surface area contributed by atoms with E-state index in [0.717, 1.165) is 0 Å². The van der Waals surface area contributed by atoms with Gasteiger partial charge in [0.05, 0.1) is 34.8 Å². The second-order valence-electron chi connectivity index (χ2n) is 12.5. The van der Waals surface area contributed by atoms with Gasteiger partial charge < -0.3 is 29.2 Å². The first-order chi connectivity index (χ1) is 23.1. The summed E-state index contributed by atoms with van der Waals surface area (Å²) in [6.07, 6.45) is -3.25. The van der Waals surface area contributed by atoms with Crippen molar-refractivity contribution in [3.05, 3.63) is 60.4 Å². The highest BCUT2D eigenvalue weighted by molar-refractivity contribution is 7.52. The van der Waals surface area contributed by atoms with Crippen LogP contribution < -0.4 is 15.3 Å². The van der Waals surface area contributed by atoms with E-state index in [-0.39, 0.29) is 5.75 Å². The standard InChI is InChI=1S/C33H42N5O10P/c1-19(2)30(39)45-28-27(26-14-13-25-24(35)15-16-36-38(25)26)47-33(17-34,29(28)46-31(40)20(3)4)18-43-49(42,48-23-11-9-8-10-12-23)37-22(7)32(41)44-21(5)6/h8-16,19-22,27-29H,18,35H2,1-7H3,(H,37,42)/t22-,27-,28-,29-,33+,49-/m0/s1. The molecule has 16 heteroatoms. The number of ether oxygens (including phenoxy) is 4. The summed E-state index contributed by atoms with van der Waals surface area (Å²) in [7, 11) is -4.54. The Morgan fingerprint density at radius 1 is 1.00 bits per heavy atom. The predicted octanol–water partition coefficient (Wildman–Crippen LogP) is 4.52. The van der Waals surface area contributed by atoms with Gasteiger partial charge in [0, 0.05) is 6.20 Å². The van der Waals surface area contributed by atoms with Gasteiger partial charge in [-0.2, -0.15) is 15.4 Å². The van der Waals surface area contributed by atoms with Crippen LogP contribution in [-0.2, 0) is 42.4 Å². The number of hydrogen-bond donors (Lipinski definition) is 2. The number of carbonyl (C=O) groups is 3. The Balaban J connectivity index is 1.80. The van der Waals surface area contributed by atoms with Crippen LogP contribution in [0.4, 0.5) is 5.69 Å². The molecule has 6 atom stereocenters. The lowest BCUT2D eigenvalue weighted by atomic mass is 9.95. The first-order valence-electron chi connectivity index (χ1n) is 15.8. The Morgan fingerprint density at radius 3 is 2.27 bits per heavy atom. The van der Waals surface area contributed by atoms with Crippen LogP contribution in [0.3, 0.4) is 0 Å². The third-order valence-electron chi connectivity index (χ3n) is 7.40. The normalized spacial score (nSPS) is 22.4. The molecule has 1 aromatic carbocycles. The van der Waals surface area contributed by atoms with Crippen molar-refractivity contribution in [1.82, 2.24) is 14.7 Å². The van der Waals surface area contributed by atoms with E-state index in [4.69, 9.17) is 33.7 Å². The second kappa shape index (κ2) is 15.4. The van der Waals surface area contributed by atoms with Crippen molar-refractivity contribution in [2.45, 2.75) is 84.5 Å². The van der Waals surface area contributed by atoms with Gasteiger partial charge in [-0.3, -0.25) is 18.9 Å². The minimum atomic E-state index is -4.54. The first-order valence-corrected chi connectivity index (χ1v) is 17.3. The minimum absolute atomic E-state index is 0.119. The van der Waals surface area contributed by atoms with Crippen LogP contribution in [0.1, 0.15) is 60.3 Å². The number of rotatable bonds is 14. The molecule has 0 aliphatic carbocycles. The quantitative estimate of drug-likeness (QED) is 0.135. The average Bonchev–Trinajstić information content (AvgIpc) is 3.60. The first kappa shape index (κ1) is 37.3. The third-order valence-corrected chi connectivity index (χ3v) is 9.03. The van der Waals surface area contributed by atoms with Crippen LogP contribution in [0.25, 0.3) is 5.52 Å². The number of anilines is 1. The molecule has 49 heavy (non-hydrogen) atoms. The van der Waals surface area contributed by atoms with Gasteiger partial charge in [0.25, 0.3) is 0 Å². The molecular formula is C33H42N5O10P. The Labute approximate surface area is 284 Å². The second-order valence-corrected chi connectivity index (χ2v) is 14.2. The van der Waals surface area contributed by atoms with E-state index < -0.39 is 80.2 Å². The van der Waals surface area contributed by atoms with Gasteiger partial charge in [0.15, 0.2) is 12.2 Å². The molecule has 4 rings (SSSR count). The number of carbonyl (C=O) groups excluding carboxylic acids is 3. The third kappa shape index (κ3) is 8.58. The number of nitrogen functional groups attached to an aromatic ring is 1. The molecule has 15 nitrogen and oxygen atoms in total. The fourth-order valence-corrected chi connectivity index (χ4v) is 6.38. The molecule has 264 valence electrons. The Kier molecular flexibility index (Phi) is 11.7. The Bertz CT molecular complexity index is 1740. The number of nitrogens with two attached hydrogens (primary N) is 1. The zero-order valence-corrected chi connectivity index (χ0v) is 29.3. The molecule has 0 saturated carbocycles. The van der Waals surface area contributed by atoms with E-state index in [1.165, 1.54) is 29.8 Å². The van der Waals surface area contributed by atoms with Crippen molar-refractivity contribution in [3.63, 3.8) is 0 Å². The van der Waals surface area contributed by atoms with Crippen LogP contribution in [0, 0.1) is 23.2 Å². The zero-order chi connectivity index (χ0) is 36.1. The van der Waals surface area contributed by atoms with E-state index >= 15 is 0 Å². The summed E-state index contributed by atoms with van der Waals surface area (Å²) in [5, 5.41) is 17.7. The maximum Gasteiger partial charge on any atom is 0.459 e. The molecule has 0 spiro atoms. The highest BCUT2D eigenvalue weighted by Crippen LogP contribution is 2.50. The average molecular weight is 700 g/mol. The lowest BCUT2D eigenvalue weighted by Crippen LogP contribution is -2.50. The number of para-hydroxylation sites is 1. The van der Waals surface area contributed by atoms with E-state index in [1.54, 1.807) is 77.9 Å². The minimum Gasteiger partial charge on any atom is -0.462 e. The van der Waals surface area contributed by atoms with Gasteiger partial charge in [-0.25, -0.2) is 9.08 Å². The largest absolute Gasteiger partial charge is 0.462 e. The molecule has 3 N–H and O–H groups in total. The molecule has 0 unspecified atom stereocenters. The zero-order valence-electron chi connectivity index (χ0n) is 28.4. The van der Waals surface area contributed by atoms with Crippen molar-refractivity contribution in [1.29, 1.82) is 5.26 Å². The summed E-state index contributed by atoms with van der Waals surface area (Å²) in [6, 6.07) is 13.7. The SMILES string of the molecule is CC(C)OC(=O)[C@H](C)N[P@](=O)(OC[C@@]1(C#N)O[C@@H](c2ccc3c(N)ccnn23)[C@H](OC(=O)C(C)C)[C@@H]1OC(=O)C(C)C)Oc1ccccc1. The summed E-state index contributed by atoms with van der Waals surface area (Å²) in [5.41, 5.74) is 5.14. The van der Waals surface area contributed by atoms with Crippen molar-refractivity contribution in [2.75, 3.05) is 12.3 Å². The lowest BCUT2D eigenvalue weighted by Gasteiger charge is -2.31. The van der Waals surface area contributed by atoms with Gasteiger partial charge in [0.1, 0.15) is 30.6 Å². The van der Waals surface area contributed by atoms with Crippen molar-refractivity contribution >= 4 is 36.9 Å². The molecule has 2 aromatic heterocycles. The lowest BCUT2D eigenvalue weighted by molar-refractivity contribution is -0.173. The van der Waals surface area contributed by atoms with Gasteiger partial charge in [-0.05, 0) is 51.1 Å². The number of nitrogens with one attached hydrogen (secondary N) is 1. The molecule has 0 amide bonds. The number of hydrogen-bond acceptors (Lipinski definition) is 13. The molecule has 1 saturated heterocycles. The van der Waals surface area contributed by atoms with Crippen LogP contribution >= 0.6 is 7.75 Å². The molecule has 1 aliphatic rings. The van der Waals surface area contributed by atoms with Crippen LogP contribution in [-0.4, -0.2) is 64.1 Å². The molecule has 1 aliphatic heterocycles. The summed E-state index contributed by atoms with van der Waals surface area (Å²) in [6.45, 7) is 10.3. The number of fused-ring (bicyclic) bond motifs is 1. The van der Waals surface area contributed by atoms with Gasteiger partial charge in [0.2, 0.25) is 5.60 Å². The fraction of sp³-hybridized carbons (Fsp3) is 0.485. The maximum absolute atomic E-state index is 14.4. The summed E-state index contributed by atoms with van der Waals surface area (Å²) >= 11 is 0. The Hall–Kier alpha value is -4.48. The number of benzene rings is 1. The summed E-state index contributed by atoms with van der Waals surface area (Å²) in [4.78, 5) is 38.9. The van der Waals surface area contributed by atoms with E-state index in [1.807, 2.05) is 6.07 Å². The number of aromatic nitrogens is 2. The predicted molar refractivity (Wildman–Crippen MR) is 176 cm³/mol. The Morgan fingerprint density at radius 2 is 1.65 bits per heavy atom. The number of esters is 3. The molecule has 0 bridgehead atoms. The topological polar surface area (TPSA) is 203 Å². The summed E-state index contributed by atoms with van der Waals surface area (Å²) in [5.74, 6) is -3.27. The molecule has 3 aromatic rings. The van der Waals surface area contributed by atoms with Crippen molar-refractivity contribution in [3.8, 4) is 11.8 Å². The number of nitriles is 1. The van der Waals surface area contributed by atoms with Crippen LogP contribution in [0.15, 0.2) is 54.7 Å². The van der Waals surface area contributed by atoms with Gasteiger partial charge >= 0.3 is 25.7 Å². The van der Waals surface area contributed by atoms with E-state index in [9.17, 15) is 24.2 Å². The van der Waals surface area contributed by atoms with E-state index in [2.05, 4.69) is 10.2 Å². The van der Waals surface area contributed by atoms with Crippen LogP contribution in [0.5, 0.6) is 5.75 Å². The number of nitrogens with zero attached hydrogens (tertiary/aromatic N) is 3. The van der Waals surface area contributed by atoms with E-state index in [0.29, 0.717) is 16.9 Å². The summed E-state index contributed by atoms with van der Waals surface area (Å²) < 4.78 is 50.8. The highest BCUT2D eigenvalue weighted by Gasteiger charge is 2.62. The molecule has 1 fully saturated rings. The van der Waals surface area contributed by atoms with Crippen molar-refractivity contribution < 1.29 is 46.9 Å². The smallest absolute Gasteiger partial charge is 0.459 e. The molecule has 0 radical (unpaired) electrons. The van der Waals surface area contributed by atoms with Gasteiger partial charge in [-0.1, -0.05) is 45.9 Å².